The number of carbonyl (C=O) groups is 4. The van der Waals surface area contributed by atoms with Gasteiger partial charge in [0.15, 0.2) is 0 Å². The number of aromatic nitrogens is 2. The molecule has 4 N–H and O–H groups in total. The fourth-order valence-corrected chi connectivity index (χ4v) is 4.39. The summed E-state index contributed by atoms with van der Waals surface area (Å²) in [5.74, 6) is -2.28. The summed E-state index contributed by atoms with van der Waals surface area (Å²) in [5, 5.41) is 7.96. The Morgan fingerprint density at radius 1 is 1.08 bits per heavy atom. The number of benzene rings is 1. The minimum Gasteiger partial charge on any atom is -0.466 e. The Morgan fingerprint density at radius 2 is 1.72 bits per heavy atom. The molecule has 0 radical (unpaired) electrons. The lowest BCUT2D eigenvalue weighted by Crippen LogP contribution is -2.41. The van der Waals surface area contributed by atoms with Crippen LogP contribution in [0.3, 0.4) is 0 Å². The van der Waals surface area contributed by atoms with Crippen LogP contribution in [-0.2, 0) is 23.9 Å². The maximum Gasteiger partial charge on any atom is 0.309 e. The van der Waals surface area contributed by atoms with Gasteiger partial charge in [0, 0.05) is 37.8 Å². The zero-order chi connectivity index (χ0) is 25.8. The topological polar surface area (TPSA) is 163 Å². The number of nitrogens with one attached hydrogen (secondary N) is 4. The molecule has 2 aliphatic rings. The molecule has 0 aliphatic carbocycles. The minimum atomic E-state index is -1.02. The van der Waals surface area contributed by atoms with Crippen LogP contribution < -0.4 is 26.4 Å². The number of anilines is 4. The van der Waals surface area contributed by atoms with Crippen molar-refractivity contribution in [3.05, 3.63) is 40.2 Å². The second-order valence-corrected chi connectivity index (χ2v) is 8.72. The lowest BCUT2D eigenvalue weighted by atomic mass is 9.92. The van der Waals surface area contributed by atoms with Crippen molar-refractivity contribution in [3.63, 3.8) is 0 Å². The minimum absolute atomic E-state index is 0.0543. The van der Waals surface area contributed by atoms with Crippen LogP contribution in [0.25, 0.3) is 0 Å². The Hall–Kier alpha value is -4.22. The molecular weight excluding hydrogens is 468 g/mol. The highest BCUT2D eigenvalue weighted by atomic mass is 16.5. The van der Waals surface area contributed by atoms with Crippen molar-refractivity contribution >= 4 is 46.8 Å². The first-order valence-electron chi connectivity index (χ1n) is 11.8. The summed E-state index contributed by atoms with van der Waals surface area (Å²) in [6.07, 6.45) is 0.910. The Kier molecular flexibility index (Phi) is 7.32. The number of carbonyl (C=O) groups excluding carboxylic acids is 4. The quantitative estimate of drug-likeness (QED) is 0.438. The van der Waals surface area contributed by atoms with Crippen LogP contribution in [0.2, 0.25) is 0 Å². The van der Waals surface area contributed by atoms with Gasteiger partial charge < -0.3 is 25.6 Å². The third-order valence-electron chi connectivity index (χ3n) is 6.14. The van der Waals surface area contributed by atoms with Crippen molar-refractivity contribution in [1.29, 1.82) is 0 Å². The van der Waals surface area contributed by atoms with Gasteiger partial charge in [0.25, 0.3) is 5.56 Å². The van der Waals surface area contributed by atoms with E-state index >= 15 is 0 Å². The first-order chi connectivity index (χ1) is 17.2. The van der Waals surface area contributed by atoms with Gasteiger partial charge in [0.1, 0.15) is 5.82 Å². The van der Waals surface area contributed by atoms with E-state index in [0.717, 1.165) is 0 Å². The van der Waals surface area contributed by atoms with Gasteiger partial charge in [0.2, 0.25) is 23.7 Å². The zero-order valence-electron chi connectivity index (χ0n) is 20.1. The summed E-state index contributed by atoms with van der Waals surface area (Å²) in [5.41, 5.74) is 0.602. The molecular formula is C24H28N6O6. The Balaban J connectivity index is 1.50. The van der Waals surface area contributed by atoms with Crippen LogP contribution >= 0.6 is 0 Å². The van der Waals surface area contributed by atoms with E-state index in [4.69, 9.17) is 4.74 Å². The fourth-order valence-electron chi connectivity index (χ4n) is 4.39. The van der Waals surface area contributed by atoms with Crippen LogP contribution in [-0.4, -0.2) is 53.4 Å². The molecule has 4 rings (SSSR count). The van der Waals surface area contributed by atoms with Crippen molar-refractivity contribution in [1.82, 2.24) is 9.97 Å². The highest BCUT2D eigenvalue weighted by molar-refractivity contribution is 6.04. The van der Waals surface area contributed by atoms with E-state index in [2.05, 4.69) is 25.9 Å². The SMILES string of the molecule is CCOC(=O)C1CCN(c2nc3c(c(=O)[nH]2)[C@H](C(=O)Nc2ccc(NC(C)=O)cc2)CC(=O)N3)CC1. The van der Waals surface area contributed by atoms with E-state index in [1.807, 2.05) is 4.90 Å². The third kappa shape index (κ3) is 5.53. The highest BCUT2D eigenvalue weighted by Gasteiger charge is 2.36. The Bertz CT molecular complexity index is 1230. The molecule has 0 saturated carbocycles. The second-order valence-electron chi connectivity index (χ2n) is 8.72. The number of nitrogens with zero attached hydrogens (tertiary/aromatic N) is 2. The maximum absolute atomic E-state index is 13.0. The van der Waals surface area contributed by atoms with Crippen molar-refractivity contribution in [2.24, 2.45) is 5.92 Å². The highest BCUT2D eigenvalue weighted by Crippen LogP contribution is 2.31. The molecule has 1 aromatic carbocycles. The number of hydrogen-bond donors (Lipinski definition) is 4. The molecule has 1 saturated heterocycles. The van der Waals surface area contributed by atoms with Crippen molar-refractivity contribution in [3.8, 4) is 0 Å². The van der Waals surface area contributed by atoms with Crippen LogP contribution in [0.5, 0.6) is 0 Å². The Morgan fingerprint density at radius 3 is 2.33 bits per heavy atom. The molecule has 0 unspecified atom stereocenters. The molecule has 1 aromatic heterocycles. The van der Waals surface area contributed by atoms with E-state index < -0.39 is 23.3 Å². The van der Waals surface area contributed by atoms with Crippen LogP contribution in [0.15, 0.2) is 29.1 Å². The number of rotatable bonds is 6. The largest absolute Gasteiger partial charge is 0.466 e. The Labute approximate surface area is 206 Å². The van der Waals surface area contributed by atoms with Crippen molar-refractivity contribution in [2.75, 3.05) is 40.5 Å². The van der Waals surface area contributed by atoms with E-state index in [0.29, 0.717) is 43.9 Å². The van der Waals surface area contributed by atoms with Gasteiger partial charge in [-0.05, 0) is 44.0 Å². The van der Waals surface area contributed by atoms with Gasteiger partial charge >= 0.3 is 5.97 Å². The summed E-state index contributed by atoms with van der Waals surface area (Å²) >= 11 is 0. The van der Waals surface area contributed by atoms with E-state index in [-0.39, 0.29) is 41.5 Å². The molecule has 3 heterocycles. The molecule has 12 heteroatoms. The average molecular weight is 497 g/mol. The molecule has 12 nitrogen and oxygen atoms in total. The standard InChI is InChI=1S/C24H28N6O6/c1-3-36-23(35)14-8-10-30(11-9-14)24-28-20-19(22(34)29-24)17(12-18(32)27-20)21(33)26-16-6-4-15(5-7-16)25-13(2)31/h4-7,14,17H,3,8-12H2,1-2H3,(H,25,31)(H,26,33)(H2,27,28,29,32,34)/t17-/m1/s1. The molecule has 190 valence electrons. The predicted octanol–water partition coefficient (Wildman–Crippen LogP) is 1.57. The summed E-state index contributed by atoms with van der Waals surface area (Å²) < 4.78 is 5.09. The molecule has 2 aromatic rings. The molecule has 2 aliphatic heterocycles. The number of fused-ring (bicyclic) bond motifs is 1. The normalized spacial score (nSPS) is 17.6. The first-order valence-corrected chi connectivity index (χ1v) is 11.8. The van der Waals surface area contributed by atoms with Gasteiger partial charge in [0.05, 0.1) is 24.0 Å². The number of H-pyrrole nitrogens is 1. The lowest BCUT2D eigenvalue weighted by Gasteiger charge is -2.32. The summed E-state index contributed by atoms with van der Waals surface area (Å²) in [6.45, 7) is 4.45. The van der Waals surface area contributed by atoms with Gasteiger partial charge in [-0.15, -0.1) is 0 Å². The third-order valence-corrected chi connectivity index (χ3v) is 6.14. The van der Waals surface area contributed by atoms with Gasteiger partial charge in [-0.3, -0.25) is 29.0 Å². The fraction of sp³-hybridized carbons (Fsp3) is 0.417. The van der Waals surface area contributed by atoms with E-state index in [1.54, 1.807) is 31.2 Å². The van der Waals surface area contributed by atoms with Crippen LogP contribution in [0.4, 0.5) is 23.1 Å². The number of esters is 1. The van der Waals surface area contributed by atoms with E-state index in [1.165, 1.54) is 6.92 Å². The molecule has 3 amide bonds. The molecule has 1 atom stereocenters. The van der Waals surface area contributed by atoms with Crippen molar-refractivity contribution < 1.29 is 23.9 Å². The predicted molar refractivity (Wildman–Crippen MR) is 132 cm³/mol. The van der Waals surface area contributed by atoms with Gasteiger partial charge in [-0.25, -0.2) is 0 Å². The number of ether oxygens (including phenoxy) is 1. The smallest absolute Gasteiger partial charge is 0.309 e. The van der Waals surface area contributed by atoms with E-state index in [9.17, 15) is 24.0 Å². The summed E-state index contributed by atoms with van der Waals surface area (Å²) in [4.78, 5) is 70.6. The number of aromatic amines is 1. The van der Waals surface area contributed by atoms with Gasteiger partial charge in [-0.1, -0.05) is 0 Å². The van der Waals surface area contributed by atoms with Crippen LogP contribution in [0, 0.1) is 5.92 Å². The summed E-state index contributed by atoms with van der Waals surface area (Å²) in [7, 11) is 0. The molecule has 0 bridgehead atoms. The second kappa shape index (κ2) is 10.6. The van der Waals surface area contributed by atoms with Gasteiger partial charge in [-0.2, -0.15) is 4.98 Å². The van der Waals surface area contributed by atoms with Crippen molar-refractivity contribution in [2.45, 2.75) is 39.0 Å². The zero-order valence-corrected chi connectivity index (χ0v) is 20.1. The average Bonchev–Trinajstić information content (AvgIpc) is 2.84. The maximum atomic E-state index is 13.0. The summed E-state index contributed by atoms with van der Waals surface area (Å²) in [6, 6.07) is 6.48. The number of piperidine rings is 1. The lowest BCUT2D eigenvalue weighted by molar-refractivity contribution is -0.148. The molecule has 0 spiro atoms. The number of amides is 3. The van der Waals surface area contributed by atoms with Crippen LogP contribution in [0.1, 0.15) is 44.6 Å². The molecule has 36 heavy (non-hydrogen) atoms. The number of hydrogen-bond acceptors (Lipinski definition) is 8. The first kappa shape index (κ1) is 24.9. The monoisotopic (exact) mass is 496 g/mol. The molecule has 1 fully saturated rings.